The lowest BCUT2D eigenvalue weighted by molar-refractivity contribution is -0.137. The summed E-state index contributed by atoms with van der Waals surface area (Å²) in [6.07, 6.45) is 0. The Kier molecular flexibility index (Phi) is 6.13. The number of carbonyl (C=O) groups excluding carboxylic acids is 2. The molecule has 168 valence electrons. The lowest BCUT2D eigenvalue weighted by Gasteiger charge is -2.16. The summed E-state index contributed by atoms with van der Waals surface area (Å²) in [5.74, 6) is -0.829. The second-order valence-corrected chi connectivity index (χ2v) is 7.83. The summed E-state index contributed by atoms with van der Waals surface area (Å²) in [5.41, 5.74) is 2.88. The number of nitrogens with one attached hydrogen (secondary N) is 1. The van der Waals surface area contributed by atoms with Crippen LogP contribution in [0.4, 0.5) is 15.8 Å². The first kappa shape index (κ1) is 22.1. The first-order chi connectivity index (χ1) is 15.9. The predicted octanol–water partition coefficient (Wildman–Crippen LogP) is 4.29. The molecule has 0 fully saturated rings. The monoisotopic (exact) mass is 445 g/mol. The van der Waals surface area contributed by atoms with E-state index in [4.69, 9.17) is 4.74 Å². The second kappa shape index (κ2) is 9.16. The van der Waals surface area contributed by atoms with Gasteiger partial charge in [0.2, 0.25) is 0 Å². The number of amides is 2. The van der Waals surface area contributed by atoms with Crippen molar-refractivity contribution in [2.75, 3.05) is 31.4 Å². The minimum Gasteiger partial charge on any atom is -0.497 e. The van der Waals surface area contributed by atoms with Crippen LogP contribution in [0, 0.1) is 5.82 Å². The minimum atomic E-state index is -0.509. The topological polar surface area (TPSA) is 61.9 Å². The van der Waals surface area contributed by atoms with Crippen molar-refractivity contribution in [1.29, 1.82) is 0 Å². The molecular formula is C26H24FN3O3. The number of rotatable bonds is 7. The molecule has 7 heteroatoms. The average molecular weight is 445 g/mol. The number of hydrogen-bond acceptors (Lipinski definition) is 5. The van der Waals surface area contributed by atoms with Gasteiger partial charge in [0, 0.05) is 31.0 Å². The fraction of sp³-hybridized carbons (Fsp3) is 0.154. The smallest absolute Gasteiger partial charge is 0.278 e. The average Bonchev–Trinajstić information content (AvgIpc) is 3.05. The predicted molar refractivity (Wildman–Crippen MR) is 126 cm³/mol. The lowest BCUT2D eigenvalue weighted by atomic mass is 10.0. The van der Waals surface area contributed by atoms with Gasteiger partial charge in [-0.15, -0.1) is 0 Å². The SMILES string of the molecule is COc1ccc(C2=C(Nc3ccc(N(C)C)cc3)C(=O)N(Cc3ccccc3F)C2=O)cc1. The zero-order valence-corrected chi connectivity index (χ0v) is 18.6. The van der Waals surface area contributed by atoms with E-state index in [1.165, 1.54) is 6.07 Å². The molecule has 0 radical (unpaired) electrons. The molecule has 3 aromatic carbocycles. The molecule has 1 heterocycles. The van der Waals surface area contributed by atoms with Gasteiger partial charge in [-0.25, -0.2) is 4.39 Å². The standard InChI is InChI=1S/C26H24FN3O3/c1-29(2)20-12-10-19(11-13-20)28-24-23(17-8-14-21(33-3)15-9-17)25(31)30(26(24)32)16-18-6-4-5-7-22(18)27/h4-15,28H,16H2,1-3H3. The maximum atomic E-state index is 14.3. The van der Waals surface area contributed by atoms with Gasteiger partial charge in [0.05, 0.1) is 19.2 Å². The molecule has 0 saturated heterocycles. The molecule has 1 aliphatic heterocycles. The zero-order chi connectivity index (χ0) is 23.5. The highest BCUT2D eigenvalue weighted by atomic mass is 19.1. The van der Waals surface area contributed by atoms with Gasteiger partial charge in [-0.05, 0) is 48.0 Å². The number of ether oxygens (including phenoxy) is 1. The molecule has 1 aliphatic rings. The normalized spacial score (nSPS) is 13.5. The molecule has 3 aromatic rings. The van der Waals surface area contributed by atoms with Crippen molar-refractivity contribution in [3.63, 3.8) is 0 Å². The van der Waals surface area contributed by atoms with Crippen molar-refractivity contribution in [1.82, 2.24) is 4.90 Å². The van der Waals surface area contributed by atoms with Gasteiger partial charge < -0.3 is 15.0 Å². The van der Waals surface area contributed by atoms with E-state index in [0.717, 1.165) is 10.6 Å². The van der Waals surface area contributed by atoms with Crippen LogP contribution >= 0.6 is 0 Å². The highest BCUT2D eigenvalue weighted by molar-refractivity contribution is 6.36. The Bertz CT molecular complexity index is 1220. The lowest BCUT2D eigenvalue weighted by Crippen LogP contribution is -2.32. The molecule has 6 nitrogen and oxygen atoms in total. The fourth-order valence-electron chi connectivity index (χ4n) is 3.65. The van der Waals surface area contributed by atoms with Crippen LogP contribution in [0.2, 0.25) is 0 Å². The fourth-order valence-corrected chi connectivity index (χ4v) is 3.65. The van der Waals surface area contributed by atoms with Crippen molar-refractivity contribution in [2.45, 2.75) is 6.54 Å². The Morgan fingerprint density at radius 3 is 2.18 bits per heavy atom. The third-order valence-corrected chi connectivity index (χ3v) is 5.49. The Morgan fingerprint density at radius 2 is 1.58 bits per heavy atom. The van der Waals surface area contributed by atoms with E-state index in [9.17, 15) is 14.0 Å². The van der Waals surface area contributed by atoms with E-state index >= 15 is 0 Å². The Labute approximate surface area is 191 Å². The van der Waals surface area contributed by atoms with Gasteiger partial charge in [-0.3, -0.25) is 14.5 Å². The Balaban J connectivity index is 1.72. The van der Waals surface area contributed by atoms with Gasteiger partial charge in [0.15, 0.2) is 0 Å². The Hall–Kier alpha value is -4.13. The summed E-state index contributed by atoms with van der Waals surface area (Å²) in [6.45, 7) is -0.158. The number of hydrogen-bond donors (Lipinski definition) is 1. The van der Waals surface area contributed by atoms with E-state index in [1.807, 2.05) is 43.3 Å². The molecule has 0 atom stereocenters. The molecule has 33 heavy (non-hydrogen) atoms. The largest absolute Gasteiger partial charge is 0.497 e. The molecule has 1 N–H and O–H groups in total. The van der Waals surface area contributed by atoms with E-state index in [2.05, 4.69) is 5.32 Å². The first-order valence-corrected chi connectivity index (χ1v) is 10.4. The van der Waals surface area contributed by atoms with Crippen molar-refractivity contribution >= 4 is 28.8 Å². The maximum Gasteiger partial charge on any atom is 0.278 e. The van der Waals surface area contributed by atoms with Crippen LogP contribution in [-0.4, -0.2) is 37.9 Å². The molecule has 0 bridgehead atoms. The minimum absolute atomic E-state index is 0.152. The molecule has 0 aliphatic carbocycles. The highest BCUT2D eigenvalue weighted by Crippen LogP contribution is 2.33. The summed E-state index contributed by atoms with van der Waals surface area (Å²) in [6, 6.07) is 20.5. The van der Waals surface area contributed by atoms with Crippen molar-refractivity contribution < 1.29 is 18.7 Å². The van der Waals surface area contributed by atoms with Gasteiger partial charge in [0.25, 0.3) is 11.8 Å². The summed E-state index contributed by atoms with van der Waals surface area (Å²) in [7, 11) is 5.43. The summed E-state index contributed by atoms with van der Waals surface area (Å²) >= 11 is 0. The zero-order valence-electron chi connectivity index (χ0n) is 18.6. The van der Waals surface area contributed by atoms with Gasteiger partial charge in [0.1, 0.15) is 17.3 Å². The number of halogens is 1. The number of benzene rings is 3. The van der Waals surface area contributed by atoms with Crippen LogP contribution in [0.3, 0.4) is 0 Å². The van der Waals surface area contributed by atoms with E-state index in [-0.39, 0.29) is 23.4 Å². The number of nitrogens with zero attached hydrogens (tertiary/aromatic N) is 2. The van der Waals surface area contributed by atoms with Crippen LogP contribution < -0.4 is 15.0 Å². The molecular weight excluding hydrogens is 421 g/mol. The molecule has 0 unspecified atom stereocenters. The number of methoxy groups -OCH3 is 1. The van der Waals surface area contributed by atoms with Crippen molar-refractivity contribution in [2.24, 2.45) is 0 Å². The van der Waals surface area contributed by atoms with Crippen LogP contribution in [0.1, 0.15) is 11.1 Å². The van der Waals surface area contributed by atoms with Gasteiger partial charge in [-0.2, -0.15) is 0 Å². The number of carbonyl (C=O) groups is 2. The third kappa shape index (κ3) is 4.43. The second-order valence-electron chi connectivity index (χ2n) is 7.83. The first-order valence-electron chi connectivity index (χ1n) is 10.4. The third-order valence-electron chi connectivity index (χ3n) is 5.49. The molecule has 0 saturated carbocycles. The maximum absolute atomic E-state index is 14.3. The summed E-state index contributed by atoms with van der Waals surface area (Å²) < 4.78 is 19.5. The summed E-state index contributed by atoms with van der Waals surface area (Å²) in [5, 5.41) is 3.12. The number of imide groups is 1. The van der Waals surface area contributed by atoms with Crippen molar-refractivity contribution in [3.05, 3.63) is 95.4 Å². The Morgan fingerprint density at radius 1 is 0.909 bits per heavy atom. The van der Waals surface area contributed by atoms with E-state index in [1.54, 1.807) is 49.6 Å². The van der Waals surface area contributed by atoms with Gasteiger partial charge >= 0.3 is 0 Å². The molecule has 0 spiro atoms. The van der Waals surface area contributed by atoms with Gasteiger partial charge in [-0.1, -0.05) is 30.3 Å². The molecule has 0 aromatic heterocycles. The molecule has 4 rings (SSSR count). The number of anilines is 2. The van der Waals surface area contributed by atoms with Crippen molar-refractivity contribution in [3.8, 4) is 5.75 Å². The van der Waals surface area contributed by atoms with Crippen LogP contribution in [0.15, 0.2) is 78.5 Å². The van der Waals surface area contributed by atoms with Crippen LogP contribution in [-0.2, 0) is 16.1 Å². The highest BCUT2D eigenvalue weighted by Gasteiger charge is 2.39. The molecule has 2 amide bonds. The van der Waals surface area contributed by atoms with E-state index in [0.29, 0.717) is 17.0 Å². The summed E-state index contributed by atoms with van der Waals surface area (Å²) in [4.78, 5) is 29.8. The van der Waals surface area contributed by atoms with Crippen LogP contribution in [0.5, 0.6) is 5.75 Å². The van der Waals surface area contributed by atoms with E-state index < -0.39 is 17.6 Å². The quantitative estimate of drug-likeness (QED) is 0.550. The van der Waals surface area contributed by atoms with Crippen LogP contribution in [0.25, 0.3) is 5.57 Å².